The van der Waals surface area contributed by atoms with Crippen LogP contribution < -0.4 is 5.32 Å². The maximum atomic E-state index is 13.1. The number of hydrogen-bond acceptors (Lipinski definition) is 5. The minimum absolute atomic E-state index is 0.0596. The Balaban J connectivity index is 4.64. The molecule has 0 bridgehead atoms. The van der Waals surface area contributed by atoms with Crippen LogP contribution in [0.4, 0.5) is 0 Å². The molecule has 0 aliphatic carbocycles. The van der Waals surface area contributed by atoms with E-state index >= 15 is 0 Å². The Labute approximate surface area is 347 Å². The number of nitrogens with one attached hydrogen (secondary N) is 1. The summed E-state index contributed by atoms with van der Waals surface area (Å²) in [5.41, 5.74) is 0. The first kappa shape index (κ1) is 54.1. The molecule has 0 aliphatic rings. The number of allylic oxidation sites excluding steroid dienone is 6. The van der Waals surface area contributed by atoms with Gasteiger partial charge in [0.1, 0.15) is 6.10 Å². The van der Waals surface area contributed by atoms with E-state index in [0.29, 0.717) is 19.3 Å². The molecule has 6 heteroatoms. The zero-order valence-corrected chi connectivity index (χ0v) is 37.3. The van der Waals surface area contributed by atoms with Crippen LogP contribution in [0.15, 0.2) is 36.5 Å². The highest BCUT2D eigenvalue weighted by Gasteiger charge is 2.24. The Morgan fingerprint density at radius 2 is 0.911 bits per heavy atom. The van der Waals surface area contributed by atoms with Gasteiger partial charge < -0.3 is 20.3 Å². The summed E-state index contributed by atoms with van der Waals surface area (Å²) in [7, 11) is 0. The quantitative estimate of drug-likeness (QED) is 0.0247. The maximum Gasteiger partial charge on any atom is 0.306 e. The highest BCUT2D eigenvalue weighted by Crippen LogP contribution is 2.17. The SMILES string of the molecule is CCCCC/C=C/C=C/CCCCCCC(CC(=O)NC(CO)C(O)CCCCCCCCCCCC)OC(=O)CCCCC/C=C\CCCCCCCCC. The van der Waals surface area contributed by atoms with Crippen LogP contribution in [-0.4, -0.2) is 46.9 Å². The Bertz CT molecular complexity index is 930. The molecule has 0 saturated heterocycles. The van der Waals surface area contributed by atoms with Crippen LogP contribution in [0.2, 0.25) is 0 Å². The standard InChI is InChI=1S/C50H93NO5/c1-4-7-10-13-16-19-22-24-26-28-31-34-37-40-43-50(55)56-46(41-38-35-32-29-27-25-23-20-17-14-11-8-5-2)44-49(54)51-47(45-52)48(53)42-39-36-33-30-21-18-15-12-9-6-3/h17,20,23,25-26,28,46-48,52-53H,4-16,18-19,21-22,24,27,29-45H2,1-3H3,(H,51,54)/b20-17+,25-23+,28-26-. The summed E-state index contributed by atoms with van der Waals surface area (Å²) in [4.78, 5) is 26.0. The lowest BCUT2D eigenvalue weighted by atomic mass is 10.0. The molecular formula is C50H93NO5. The molecule has 6 nitrogen and oxygen atoms in total. The van der Waals surface area contributed by atoms with Crippen molar-refractivity contribution in [2.24, 2.45) is 0 Å². The van der Waals surface area contributed by atoms with Gasteiger partial charge in [0.25, 0.3) is 0 Å². The summed E-state index contributed by atoms with van der Waals surface area (Å²) in [5.74, 6) is -0.509. The van der Waals surface area contributed by atoms with Crippen molar-refractivity contribution in [1.82, 2.24) is 5.32 Å². The zero-order valence-electron chi connectivity index (χ0n) is 37.3. The van der Waals surface area contributed by atoms with Crippen LogP contribution in [-0.2, 0) is 14.3 Å². The number of carbonyl (C=O) groups is 2. The monoisotopic (exact) mass is 788 g/mol. The molecule has 56 heavy (non-hydrogen) atoms. The van der Waals surface area contributed by atoms with Gasteiger partial charge in [-0.2, -0.15) is 0 Å². The van der Waals surface area contributed by atoms with Crippen molar-refractivity contribution in [3.8, 4) is 0 Å². The van der Waals surface area contributed by atoms with Crippen LogP contribution in [0.5, 0.6) is 0 Å². The molecule has 328 valence electrons. The Morgan fingerprint density at radius 1 is 0.518 bits per heavy atom. The normalized spacial score (nSPS) is 13.6. The maximum absolute atomic E-state index is 13.1. The molecule has 3 atom stereocenters. The molecule has 0 aromatic carbocycles. The lowest BCUT2D eigenvalue weighted by Gasteiger charge is -2.24. The van der Waals surface area contributed by atoms with Crippen molar-refractivity contribution >= 4 is 11.9 Å². The van der Waals surface area contributed by atoms with E-state index in [9.17, 15) is 19.8 Å². The van der Waals surface area contributed by atoms with E-state index in [2.05, 4.69) is 62.5 Å². The van der Waals surface area contributed by atoms with E-state index in [0.717, 1.165) is 83.5 Å². The third kappa shape index (κ3) is 38.9. The van der Waals surface area contributed by atoms with E-state index in [1.165, 1.54) is 116 Å². The molecule has 0 saturated carbocycles. The van der Waals surface area contributed by atoms with Crippen LogP contribution in [0, 0.1) is 0 Å². The van der Waals surface area contributed by atoms with Gasteiger partial charge in [-0.3, -0.25) is 9.59 Å². The Morgan fingerprint density at radius 3 is 1.41 bits per heavy atom. The van der Waals surface area contributed by atoms with Gasteiger partial charge in [-0.25, -0.2) is 0 Å². The van der Waals surface area contributed by atoms with Gasteiger partial charge in [-0.1, -0.05) is 192 Å². The van der Waals surface area contributed by atoms with Crippen LogP contribution in [0.25, 0.3) is 0 Å². The number of amides is 1. The van der Waals surface area contributed by atoms with Crippen molar-refractivity contribution in [1.29, 1.82) is 0 Å². The highest BCUT2D eigenvalue weighted by molar-refractivity contribution is 5.77. The molecule has 0 radical (unpaired) electrons. The fraction of sp³-hybridized carbons (Fsp3) is 0.840. The number of rotatable bonds is 43. The molecule has 3 N–H and O–H groups in total. The van der Waals surface area contributed by atoms with Crippen molar-refractivity contribution in [3.63, 3.8) is 0 Å². The summed E-state index contributed by atoms with van der Waals surface area (Å²) in [6, 6.07) is -0.707. The lowest BCUT2D eigenvalue weighted by molar-refractivity contribution is -0.151. The molecule has 0 aliphatic heterocycles. The molecular weight excluding hydrogens is 695 g/mol. The van der Waals surface area contributed by atoms with E-state index in [1.807, 2.05) is 0 Å². The molecule has 0 spiro atoms. The van der Waals surface area contributed by atoms with Crippen LogP contribution in [0.3, 0.4) is 0 Å². The first-order valence-electron chi connectivity index (χ1n) is 24.2. The average Bonchev–Trinajstić information content (AvgIpc) is 3.19. The predicted molar refractivity (Wildman–Crippen MR) is 241 cm³/mol. The summed E-state index contributed by atoms with van der Waals surface area (Å²) < 4.78 is 5.90. The van der Waals surface area contributed by atoms with Crippen molar-refractivity contribution in [3.05, 3.63) is 36.5 Å². The minimum atomic E-state index is -0.792. The summed E-state index contributed by atoms with van der Waals surface area (Å²) in [6.45, 7) is 6.42. The van der Waals surface area contributed by atoms with Gasteiger partial charge in [-0.05, 0) is 77.0 Å². The number of aliphatic hydroxyl groups excluding tert-OH is 2. The van der Waals surface area contributed by atoms with Crippen molar-refractivity contribution in [2.45, 2.75) is 264 Å². The molecule has 0 rings (SSSR count). The van der Waals surface area contributed by atoms with E-state index in [4.69, 9.17) is 4.74 Å². The smallest absolute Gasteiger partial charge is 0.306 e. The number of carbonyl (C=O) groups excluding carboxylic acids is 2. The lowest BCUT2D eigenvalue weighted by Crippen LogP contribution is -2.46. The van der Waals surface area contributed by atoms with Crippen LogP contribution >= 0.6 is 0 Å². The van der Waals surface area contributed by atoms with E-state index in [1.54, 1.807) is 0 Å². The topological polar surface area (TPSA) is 95.9 Å². The van der Waals surface area contributed by atoms with Crippen LogP contribution in [0.1, 0.15) is 245 Å². The Kier molecular flexibility index (Phi) is 42.7. The molecule has 1 amide bonds. The number of aliphatic hydroxyl groups is 2. The molecule has 0 heterocycles. The second-order valence-corrected chi connectivity index (χ2v) is 16.5. The molecule has 0 aromatic heterocycles. The third-order valence-corrected chi connectivity index (χ3v) is 11.0. The summed E-state index contributed by atoms with van der Waals surface area (Å²) >= 11 is 0. The average molecular weight is 788 g/mol. The fourth-order valence-corrected chi connectivity index (χ4v) is 7.24. The first-order valence-corrected chi connectivity index (χ1v) is 24.2. The van der Waals surface area contributed by atoms with Gasteiger partial charge in [0.15, 0.2) is 0 Å². The molecule has 0 aromatic rings. The number of hydrogen-bond donors (Lipinski definition) is 3. The van der Waals surface area contributed by atoms with Gasteiger partial charge in [0.2, 0.25) is 5.91 Å². The van der Waals surface area contributed by atoms with E-state index in [-0.39, 0.29) is 24.9 Å². The van der Waals surface area contributed by atoms with Gasteiger partial charge in [-0.15, -0.1) is 0 Å². The van der Waals surface area contributed by atoms with Gasteiger partial charge in [0.05, 0.1) is 25.2 Å². The minimum Gasteiger partial charge on any atom is -0.462 e. The number of esters is 1. The van der Waals surface area contributed by atoms with Crippen molar-refractivity contribution in [2.75, 3.05) is 6.61 Å². The molecule has 0 fully saturated rings. The Hall–Kier alpha value is -1.92. The fourth-order valence-electron chi connectivity index (χ4n) is 7.24. The predicted octanol–water partition coefficient (Wildman–Crippen LogP) is 14.1. The zero-order chi connectivity index (χ0) is 41.0. The van der Waals surface area contributed by atoms with Gasteiger partial charge >= 0.3 is 5.97 Å². The van der Waals surface area contributed by atoms with Gasteiger partial charge in [0, 0.05) is 6.42 Å². The largest absolute Gasteiger partial charge is 0.462 e. The van der Waals surface area contributed by atoms with E-state index < -0.39 is 18.2 Å². The number of ether oxygens (including phenoxy) is 1. The summed E-state index contributed by atoms with van der Waals surface area (Å²) in [6.07, 6.45) is 50.6. The highest BCUT2D eigenvalue weighted by atomic mass is 16.5. The second kappa shape index (κ2) is 44.2. The second-order valence-electron chi connectivity index (χ2n) is 16.5. The molecule has 3 unspecified atom stereocenters. The summed E-state index contributed by atoms with van der Waals surface area (Å²) in [5, 5.41) is 23.6. The number of unbranched alkanes of at least 4 members (excludes halogenated alkanes) is 26. The third-order valence-electron chi connectivity index (χ3n) is 11.0. The first-order chi connectivity index (χ1) is 27.5. The van der Waals surface area contributed by atoms with Crippen molar-refractivity contribution < 1.29 is 24.5 Å².